The van der Waals surface area contributed by atoms with Crippen LogP contribution < -0.4 is 16.4 Å². The molecule has 2 aromatic carbocycles. The zero-order valence-corrected chi connectivity index (χ0v) is 23.8. The van der Waals surface area contributed by atoms with Crippen molar-refractivity contribution in [3.05, 3.63) is 89.6 Å². The van der Waals surface area contributed by atoms with Gasteiger partial charge in [-0.15, -0.1) is 0 Å². The van der Waals surface area contributed by atoms with Crippen LogP contribution in [0.1, 0.15) is 66.5 Å². The molecule has 216 valence electrons. The molecule has 1 aromatic heterocycles. The molecule has 0 radical (unpaired) electrons. The molecule has 0 aliphatic heterocycles. The molecule has 3 aromatic rings. The Morgan fingerprint density at radius 3 is 2.17 bits per heavy atom. The van der Waals surface area contributed by atoms with Crippen LogP contribution in [0, 0.1) is 18.7 Å². The highest BCUT2D eigenvalue weighted by molar-refractivity contribution is 5.99. The lowest BCUT2D eigenvalue weighted by atomic mass is 10.0. The van der Waals surface area contributed by atoms with E-state index in [9.17, 15) is 18.8 Å². The molecule has 0 fully saturated rings. The lowest BCUT2D eigenvalue weighted by Gasteiger charge is -2.21. The Balaban J connectivity index is 0.000000821. The SMILES string of the molecule is CCCN(CCC)C(=O)c1cccc(C(=O)NCC(N)CC(C)C(=O)Nc2ccc(F)cc2)c1.Cc1ccco1. The maximum atomic E-state index is 13.0. The minimum Gasteiger partial charge on any atom is -0.470 e. The number of anilines is 1. The molecule has 3 amide bonds. The quantitative estimate of drug-likeness (QED) is 0.278. The lowest BCUT2D eigenvalue weighted by Crippen LogP contribution is -2.39. The number of aryl methyl sites for hydroxylation is 1. The first-order valence-corrected chi connectivity index (χ1v) is 13.6. The molecule has 0 bridgehead atoms. The molecular weight excluding hydrogens is 511 g/mol. The van der Waals surface area contributed by atoms with Crippen molar-refractivity contribution in [2.75, 3.05) is 25.0 Å². The predicted octanol–water partition coefficient (Wildman–Crippen LogP) is 5.40. The topological polar surface area (TPSA) is 118 Å². The first-order valence-electron chi connectivity index (χ1n) is 13.6. The van der Waals surface area contributed by atoms with Gasteiger partial charge in [0.15, 0.2) is 0 Å². The van der Waals surface area contributed by atoms with E-state index in [1.807, 2.05) is 32.9 Å². The highest BCUT2D eigenvalue weighted by atomic mass is 19.1. The maximum Gasteiger partial charge on any atom is 0.253 e. The summed E-state index contributed by atoms with van der Waals surface area (Å²) in [4.78, 5) is 39.6. The number of benzene rings is 2. The summed E-state index contributed by atoms with van der Waals surface area (Å²) in [5.74, 6) is -0.459. The summed E-state index contributed by atoms with van der Waals surface area (Å²) < 4.78 is 17.8. The second-order valence-electron chi connectivity index (χ2n) is 9.70. The van der Waals surface area contributed by atoms with Gasteiger partial charge in [-0.25, -0.2) is 4.39 Å². The van der Waals surface area contributed by atoms with Crippen LogP contribution in [0.4, 0.5) is 10.1 Å². The Morgan fingerprint density at radius 2 is 1.62 bits per heavy atom. The average molecular weight is 553 g/mol. The summed E-state index contributed by atoms with van der Waals surface area (Å²) in [5.41, 5.74) is 7.50. The summed E-state index contributed by atoms with van der Waals surface area (Å²) in [6.45, 7) is 9.24. The number of hydrogen-bond acceptors (Lipinski definition) is 5. The third-order valence-electron chi connectivity index (χ3n) is 6.05. The Kier molecular flexibility index (Phi) is 13.6. The number of amides is 3. The molecule has 0 spiro atoms. The van der Waals surface area contributed by atoms with E-state index in [4.69, 9.17) is 10.2 Å². The molecule has 9 heteroatoms. The Bertz CT molecular complexity index is 1190. The molecule has 4 N–H and O–H groups in total. The fourth-order valence-electron chi connectivity index (χ4n) is 3.96. The van der Waals surface area contributed by atoms with E-state index in [0.717, 1.165) is 18.6 Å². The standard InChI is InChI=1S/C26H35FN4O3.C5H6O/c1-4-13-31(14-5-2)26(34)20-8-6-7-19(16-20)25(33)29-17-22(28)15-18(3)24(32)30-23-11-9-21(27)10-12-23;1-5-3-2-4-6-5/h6-12,16,18,22H,4-5,13-15,17,28H2,1-3H3,(H,29,33)(H,30,32);2-4H,1H3. The van der Waals surface area contributed by atoms with Crippen LogP contribution in [0.15, 0.2) is 71.3 Å². The minimum atomic E-state index is -0.438. The third-order valence-corrected chi connectivity index (χ3v) is 6.05. The molecule has 1 heterocycles. The summed E-state index contributed by atoms with van der Waals surface area (Å²) in [6.07, 6.45) is 3.75. The number of furan rings is 1. The molecule has 8 nitrogen and oxygen atoms in total. The Hall–Kier alpha value is -3.98. The highest BCUT2D eigenvalue weighted by Crippen LogP contribution is 2.13. The lowest BCUT2D eigenvalue weighted by molar-refractivity contribution is -0.119. The van der Waals surface area contributed by atoms with Crippen LogP contribution in [0.3, 0.4) is 0 Å². The second-order valence-corrected chi connectivity index (χ2v) is 9.70. The van der Waals surface area contributed by atoms with Gasteiger partial charge in [0.2, 0.25) is 5.91 Å². The van der Waals surface area contributed by atoms with Crippen LogP contribution >= 0.6 is 0 Å². The number of rotatable bonds is 12. The maximum absolute atomic E-state index is 13.0. The van der Waals surface area contributed by atoms with E-state index in [1.165, 1.54) is 24.3 Å². The molecule has 40 heavy (non-hydrogen) atoms. The van der Waals surface area contributed by atoms with Crippen LogP contribution in [0.25, 0.3) is 0 Å². The second kappa shape index (κ2) is 16.9. The van der Waals surface area contributed by atoms with Gasteiger partial charge in [0.25, 0.3) is 11.8 Å². The van der Waals surface area contributed by atoms with Gasteiger partial charge in [0.1, 0.15) is 11.6 Å². The molecular formula is C31H41FN4O4. The van der Waals surface area contributed by atoms with E-state index in [-0.39, 0.29) is 30.1 Å². The predicted molar refractivity (Wildman–Crippen MR) is 155 cm³/mol. The summed E-state index contributed by atoms with van der Waals surface area (Å²) in [5, 5.41) is 5.51. The monoisotopic (exact) mass is 552 g/mol. The molecule has 0 aliphatic rings. The molecule has 0 saturated heterocycles. The molecule has 0 aliphatic carbocycles. The van der Waals surface area contributed by atoms with Crippen molar-refractivity contribution in [1.29, 1.82) is 0 Å². The third kappa shape index (κ3) is 11.0. The molecule has 3 rings (SSSR count). The van der Waals surface area contributed by atoms with Crippen molar-refractivity contribution in [2.24, 2.45) is 11.7 Å². The first-order chi connectivity index (χ1) is 19.1. The zero-order valence-electron chi connectivity index (χ0n) is 23.8. The van der Waals surface area contributed by atoms with E-state index in [2.05, 4.69) is 10.6 Å². The summed E-state index contributed by atoms with van der Waals surface area (Å²) >= 11 is 0. The largest absolute Gasteiger partial charge is 0.470 e. The number of carbonyl (C=O) groups excluding carboxylic acids is 3. The smallest absolute Gasteiger partial charge is 0.253 e. The molecule has 0 saturated carbocycles. The van der Waals surface area contributed by atoms with E-state index in [0.29, 0.717) is 36.3 Å². The van der Waals surface area contributed by atoms with Gasteiger partial charge in [0, 0.05) is 48.4 Å². The summed E-state index contributed by atoms with van der Waals surface area (Å²) in [7, 11) is 0. The zero-order chi connectivity index (χ0) is 29.5. The average Bonchev–Trinajstić information content (AvgIpc) is 3.43. The van der Waals surface area contributed by atoms with Crippen LogP contribution in [-0.2, 0) is 4.79 Å². The van der Waals surface area contributed by atoms with E-state index in [1.54, 1.807) is 42.4 Å². The number of halogens is 1. The van der Waals surface area contributed by atoms with E-state index < -0.39 is 12.0 Å². The van der Waals surface area contributed by atoms with Gasteiger partial charge in [-0.1, -0.05) is 26.8 Å². The Labute approximate surface area is 236 Å². The van der Waals surface area contributed by atoms with Crippen LogP contribution in [0.2, 0.25) is 0 Å². The Morgan fingerprint density at radius 1 is 0.975 bits per heavy atom. The van der Waals surface area contributed by atoms with Gasteiger partial charge < -0.3 is 25.7 Å². The molecule has 2 atom stereocenters. The molecule has 2 unspecified atom stereocenters. The van der Waals surface area contributed by atoms with Gasteiger partial charge in [0.05, 0.1) is 6.26 Å². The van der Waals surface area contributed by atoms with Crippen molar-refractivity contribution >= 4 is 23.4 Å². The number of nitrogens with one attached hydrogen (secondary N) is 2. The minimum absolute atomic E-state index is 0.0870. The summed E-state index contributed by atoms with van der Waals surface area (Å²) in [6, 6.07) is 15.5. The van der Waals surface area contributed by atoms with Crippen LogP contribution in [-0.4, -0.2) is 48.3 Å². The van der Waals surface area contributed by atoms with Gasteiger partial charge in [-0.2, -0.15) is 0 Å². The number of nitrogens with zero attached hydrogens (tertiary/aromatic N) is 1. The van der Waals surface area contributed by atoms with Crippen molar-refractivity contribution in [3.8, 4) is 0 Å². The number of hydrogen-bond donors (Lipinski definition) is 3. The number of carbonyl (C=O) groups is 3. The van der Waals surface area contributed by atoms with Gasteiger partial charge in [-0.05, 0) is 80.8 Å². The normalized spacial score (nSPS) is 11.9. The van der Waals surface area contributed by atoms with Crippen molar-refractivity contribution in [1.82, 2.24) is 10.2 Å². The van der Waals surface area contributed by atoms with Crippen molar-refractivity contribution < 1.29 is 23.2 Å². The fourth-order valence-corrected chi connectivity index (χ4v) is 3.96. The fraction of sp³-hybridized carbons (Fsp3) is 0.387. The van der Waals surface area contributed by atoms with Crippen molar-refractivity contribution in [2.45, 2.75) is 53.0 Å². The van der Waals surface area contributed by atoms with Crippen LogP contribution in [0.5, 0.6) is 0 Å². The van der Waals surface area contributed by atoms with Gasteiger partial charge in [-0.3, -0.25) is 14.4 Å². The van der Waals surface area contributed by atoms with Crippen molar-refractivity contribution in [3.63, 3.8) is 0 Å². The van der Waals surface area contributed by atoms with E-state index >= 15 is 0 Å². The first kappa shape index (κ1) is 32.2. The van der Waals surface area contributed by atoms with Gasteiger partial charge >= 0.3 is 0 Å². The number of nitrogens with two attached hydrogens (primary N) is 1. The highest BCUT2D eigenvalue weighted by Gasteiger charge is 2.19.